The number of hydrogen-bond donors (Lipinski definition) is 4. The summed E-state index contributed by atoms with van der Waals surface area (Å²) in [6.45, 7) is 3.62. The largest absolute Gasteiger partial charge is 0.480 e. The third kappa shape index (κ3) is 3.05. The van der Waals surface area contributed by atoms with Crippen molar-refractivity contribution in [2.24, 2.45) is 0 Å². The lowest BCUT2D eigenvalue weighted by atomic mass is 10.1. The molecule has 112 valence electrons. The lowest BCUT2D eigenvalue weighted by molar-refractivity contribution is -0.139. The third-order valence-electron chi connectivity index (χ3n) is 3.59. The van der Waals surface area contributed by atoms with Gasteiger partial charge in [-0.25, -0.2) is 4.79 Å². The molecule has 1 heterocycles. The summed E-state index contributed by atoms with van der Waals surface area (Å²) in [7, 11) is 0. The number of aryl methyl sites for hydroxylation is 2. The summed E-state index contributed by atoms with van der Waals surface area (Å²) < 4.78 is 0. The summed E-state index contributed by atoms with van der Waals surface area (Å²) in [6.07, 6.45) is -0.0222. The molecule has 21 heavy (non-hydrogen) atoms. The van der Waals surface area contributed by atoms with Crippen LogP contribution in [0.25, 0.3) is 10.9 Å². The molecule has 2 rings (SSSR count). The second kappa shape index (κ2) is 5.97. The normalized spacial score (nSPS) is 12.3. The van der Waals surface area contributed by atoms with Crippen LogP contribution in [0.1, 0.15) is 28.0 Å². The average Bonchev–Trinajstić information content (AvgIpc) is 2.73. The molecular weight excluding hydrogens is 272 g/mol. The van der Waals surface area contributed by atoms with Crippen molar-refractivity contribution >= 4 is 22.8 Å². The first-order chi connectivity index (χ1) is 9.93. The van der Waals surface area contributed by atoms with E-state index in [1.807, 2.05) is 13.8 Å². The summed E-state index contributed by atoms with van der Waals surface area (Å²) >= 11 is 0. The molecule has 6 nitrogen and oxygen atoms in total. The number of carboxylic acid groups (broad SMARTS) is 1. The van der Waals surface area contributed by atoms with Gasteiger partial charge < -0.3 is 20.5 Å². The van der Waals surface area contributed by atoms with E-state index in [9.17, 15) is 9.59 Å². The van der Waals surface area contributed by atoms with Crippen molar-refractivity contribution in [3.05, 3.63) is 35.0 Å². The van der Waals surface area contributed by atoms with Crippen LogP contribution in [0.5, 0.6) is 0 Å². The van der Waals surface area contributed by atoms with Crippen LogP contribution in [0, 0.1) is 13.8 Å². The molecule has 0 spiro atoms. The number of hydrogen-bond acceptors (Lipinski definition) is 3. The number of H-pyrrole nitrogens is 1. The molecule has 1 amide bonds. The highest BCUT2D eigenvalue weighted by atomic mass is 16.4. The SMILES string of the molecule is Cc1[nH]c2ccc(C(=O)N[C@@H](CCO)C(=O)O)cc2c1C. The van der Waals surface area contributed by atoms with E-state index in [1.165, 1.54) is 0 Å². The average molecular weight is 290 g/mol. The quantitative estimate of drug-likeness (QED) is 0.667. The minimum Gasteiger partial charge on any atom is -0.480 e. The fourth-order valence-corrected chi connectivity index (χ4v) is 2.23. The molecule has 4 N–H and O–H groups in total. The van der Waals surface area contributed by atoms with Crippen LogP contribution in [0.2, 0.25) is 0 Å². The van der Waals surface area contributed by atoms with Gasteiger partial charge in [-0.05, 0) is 37.6 Å². The van der Waals surface area contributed by atoms with Crippen LogP contribution in [0.15, 0.2) is 18.2 Å². The fraction of sp³-hybridized carbons (Fsp3) is 0.333. The van der Waals surface area contributed by atoms with Gasteiger partial charge in [0.1, 0.15) is 6.04 Å². The molecule has 0 aliphatic heterocycles. The van der Waals surface area contributed by atoms with Crippen molar-refractivity contribution in [3.8, 4) is 0 Å². The van der Waals surface area contributed by atoms with Gasteiger partial charge in [0.25, 0.3) is 5.91 Å². The Hall–Kier alpha value is -2.34. The molecule has 0 saturated heterocycles. The van der Waals surface area contributed by atoms with Crippen LogP contribution in [-0.4, -0.2) is 39.7 Å². The molecule has 0 radical (unpaired) electrons. The van der Waals surface area contributed by atoms with Gasteiger partial charge in [0.05, 0.1) is 0 Å². The first kappa shape index (κ1) is 15.1. The number of carboxylic acids is 1. The van der Waals surface area contributed by atoms with Crippen molar-refractivity contribution in [3.63, 3.8) is 0 Å². The predicted molar refractivity (Wildman–Crippen MR) is 78.4 cm³/mol. The fourth-order valence-electron chi connectivity index (χ4n) is 2.23. The zero-order valence-electron chi connectivity index (χ0n) is 11.9. The number of nitrogens with one attached hydrogen (secondary N) is 2. The van der Waals surface area contributed by atoms with Gasteiger partial charge in [0.2, 0.25) is 0 Å². The maximum absolute atomic E-state index is 12.1. The Balaban J connectivity index is 2.26. The predicted octanol–water partition coefficient (Wildman–Crippen LogP) is 1.35. The maximum Gasteiger partial charge on any atom is 0.326 e. The van der Waals surface area contributed by atoms with Crippen LogP contribution >= 0.6 is 0 Å². The first-order valence-electron chi connectivity index (χ1n) is 6.67. The molecule has 0 aliphatic rings. The number of rotatable bonds is 5. The topological polar surface area (TPSA) is 102 Å². The summed E-state index contributed by atoms with van der Waals surface area (Å²) in [5.41, 5.74) is 3.43. The molecule has 1 aromatic carbocycles. The molecular formula is C15H18N2O4. The van der Waals surface area contributed by atoms with E-state index in [0.29, 0.717) is 5.56 Å². The summed E-state index contributed by atoms with van der Waals surface area (Å²) in [4.78, 5) is 26.3. The van der Waals surface area contributed by atoms with E-state index in [4.69, 9.17) is 10.2 Å². The van der Waals surface area contributed by atoms with Gasteiger partial charge in [-0.15, -0.1) is 0 Å². The van der Waals surface area contributed by atoms with Crippen LogP contribution < -0.4 is 5.32 Å². The van der Waals surface area contributed by atoms with Crippen molar-refractivity contribution in [2.45, 2.75) is 26.3 Å². The standard InChI is InChI=1S/C15H18N2O4/c1-8-9(2)16-12-4-3-10(7-11(8)12)14(19)17-13(5-6-18)15(20)21/h3-4,7,13,16,18H,5-6H2,1-2H3,(H,17,19)(H,20,21)/t13-/m0/s1. The maximum atomic E-state index is 12.1. The zero-order valence-corrected chi connectivity index (χ0v) is 11.9. The van der Waals surface area contributed by atoms with Crippen molar-refractivity contribution in [1.29, 1.82) is 0 Å². The smallest absolute Gasteiger partial charge is 0.326 e. The Morgan fingerprint density at radius 2 is 2.05 bits per heavy atom. The highest BCUT2D eigenvalue weighted by Crippen LogP contribution is 2.22. The molecule has 0 unspecified atom stereocenters. The molecule has 0 fully saturated rings. The van der Waals surface area contributed by atoms with Gasteiger partial charge in [-0.2, -0.15) is 0 Å². The van der Waals surface area contributed by atoms with E-state index >= 15 is 0 Å². The molecule has 0 aliphatic carbocycles. The zero-order chi connectivity index (χ0) is 15.6. The lowest BCUT2D eigenvalue weighted by Gasteiger charge is -2.13. The highest BCUT2D eigenvalue weighted by molar-refractivity contribution is 6.00. The summed E-state index contributed by atoms with van der Waals surface area (Å²) in [6, 6.07) is 4.09. The molecule has 0 saturated carbocycles. The van der Waals surface area contributed by atoms with Crippen molar-refractivity contribution in [2.75, 3.05) is 6.61 Å². The van der Waals surface area contributed by atoms with Crippen molar-refractivity contribution in [1.82, 2.24) is 10.3 Å². The van der Waals surface area contributed by atoms with E-state index in [2.05, 4.69) is 10.3 Å². The Bertz CT molecular complexity index is 690. The molecule has 2 aromatic rings. The number of aliphatic hydroxyl groups is 1. The van der Waals surface area contributed by atoms with E-state index in [0.717, 1.165) is 22.2 Å². The molecule has 1 atom stereocenters. The molecule has 1 aromatic heterocycles. The molecule has 0 bridgehead atoms. The molecule has 6 heteroatoms. The minimum absolute atomic E-state index is 0.0222. The number of amides is 1. The van der Waals surface area contributed by atoms with E-state index < -0.39 is 17.9 Å². The number of carbonyl (C=O) groups excluding carboxylic acids is 1. The van der Waals surface area contributed by atoms with Crippen molar-refractivity contribution < 1.29 is 19.8 Å². The second-order valence-electron chi connectivity index (χ2n) is 5.01. The lowest BCUT2D eigenvalue weighted by Crippen LogP contribution is -2.41. The monoisotopic (exact) mass is 290 g/mol. The van der Waals surface area contributed by atoms with Gasteiger partial charge in [-0.1, -0.05) is 0 Å². The number of aromatic nitrogens is 1. The van der Waals surface area contributed by atoms with Crippen LogP contribution in [-0.2, 0) is 4.79 Å². The number of aliphatic carboxylic acids is 1. The van der Waals surface area contributed by atoms with Gasteiger partial charge >= 0.3 is 5.97 Å². The second-order valence-corrected chi connectivity index (χ2v) is 5.01. The Kier molecular flexibility index (Phi) is 4.28. The van der Waals surface area contributed by atoms with Gasteiger partial charge in [0, 0.05) is 35.2 Å². The Morgan fingerprint density at radius 3 is 2.67 bits per heavy atom. The van der Waals surface area contributed by atoms with E-state index in [1.54, 1.807) is 18.2 Å². The Labute approximate surface area is 121 Å². The highest BCUT2D eigenvalue weighted by Gasteiger charge is 2.20. The summed E-state index contributed by atoms with van der Waals surface area (Å²) in [5.74, 6) is -1.62. The van der Waals surface area contributed by atoms with Crippen LogP contribution in [0.3, 0.4) is 0 Å². The number of aliphatic hydroxyl groups excluding tert-OH is 1. The third-order valence-corrected chi connectivity index (χ3v) is 3.59. The first-order valence-corrected chi connectivity index (χ1v) is 6.67. The van der Waals surface area contributed by atoms with E-state index in [-0.39, 0.29) is 13.0 Å². The van der Waals surface area contributed by atoms with Gasteiger partial charge in [0.15, 0.2) is 0 Å². The van der Waals surface area contributed by atoms with Gasteiger partial charge in [-0.3, -0.25) is 4.79 Å². The number of fused-ring (bicyclic) bond motifs is 1. The van der Waals surface area contributed by atoms with Crippen LogP contribution in [0.4, 0.5) is 0 Å². The minimum atomic E-state index is -1.16. The number of aromatic amines is 1. The summed E-state index contributed by atoms with van der Waals surface area (Å²) in [5, 5.41) is 21.2. The number of carbonyl (C=O) groups is 2. The Morgan fingerprint density at radius 1 is 1.33 bits per heavy atom. The number of benzene rings is 1.